The van der Waals surface area contributed by atoms with Gasteiger partial charge in [-0.15, -0.1) is 11.3 Å². The minimum Gasteiger partial charge on any atom is -0.392 e. The zero-order chi connectivity index (χ0) is 12.7. The summed E-state index contributed by atoms with van der Waals surface area (Å²) < 4.78 is 0. The van der Waals surface area contributed by atoms with Gasteiger partial charge in [-0.25, -0.2) is 4.98 Å². The molecule has 0 amide bonds. The molecule has 0 radical (unpaired) electrons. The van der Waals surface area contributed by atoms with Gasteiger partial charge in [-0.05, 0) is 19.3 Å². The number of hydrogen-bond donors (Lipinski definition) is 2. The molecule has 1 aromatic heterocycles. The maximum Gasteiger partial charge on any atom is 0.0797 e. The van der Waals surface area contributed by atoms with Crippen molar-refractivity contribution in [3.05, 3.63) is 16.1 Å². The lowest BCUT2D eigenvalue weighted by molar-refractivity contribution is 0.102. The third-order valence-corrected chi connectivity index (χ3v) is 4.31. The Morgan fingerprint density at radius 1 is 1.41 bits per heavy atom. The van der Waals surface area contributed by atoms with E-state index in [4.69, 9.17) is 0 Å². The molecule has 1 atom stereocenters. The Bertz CT molecular complexity index is 310. The summed E-state index contributed by atoms with van der Waals surface area (Å²) in [5.74, 6) is 0.424. The van der Waals surface area contributed by atoms with Crippen molar-refractivity contribution in [2.75, 3.05) is 13.1 Å². The minimum atomic E-state index is -0.215. The second kappa shape index (κ2) is 7.80. The van der Waals surface area contributed by atoms with E-state index in [2.05, 4.69) is 24.1 Å². The first kappa shape index (κ1) is 14.6. The Kier molecular flexibility index (Phi) is 6.70. The van der Waals surface area contributed by atoms with Crippen molar-refractivity contribution in [1.29, 1.82) is 0 Å². The van der Waals surface area contributed by atoms with Crippen molar-refractivity contribution in [1.82, 2.24) is 10.3 Å². The maximum atomic E-state index is 9.95. The number of hydrogen-bond acceptors (Lipinski definition) is 4. The van der Waals surface area contributed by atoms with E-state index >= 15 is 0 Å². The molecule has 0 aliphatic rings. The smallest absolute Gasteiger partial charge is 0.0797 e. The number of nitrogens with zero attached hydrogens (tertiary/aromatic N) is 1. The van der Waals surface area contributed by atoms with Gasteiger partial charge in [-0.2, -0.15) is 0 Å². The number of aliphatic hydroxyl groups is 1. The molecule has 0 aliphatic heterocycles. The van der Waals surface area contributed by atoms with Gasteiger partial charge in [-0.1, -0.05) is 26.7 Å². The summed E-state index contributed by atoms with van der Waals surface area (Å²) in [6.07, 6.45) is 2.89. The highest BCUT2D eigenvalue weighted by Gasteiger charge is 2.14. The molecule has 4 heteroatoms. The minimum absolute atomic E-state index is 0.215. The van der Waals surface area contributed by atoms with Crippen molar-refractivity contribution >= 4 is 11.3 Å². The van der Waals surface area contributed by atoms with Crippen LogP contribution in [0, 0.1) is 12.8 Å². The van der Waals surface area contributed by atoms with Crippen molar-refractivity contribution in [3.63, 3.8) is 0 Å². The van der Waals surface area contributed by atoms with Crippen molar-refractivity contribution in [2.45, 2.75) is 46.1 Å². The number of nitrogens with one attached hydrogen (secondary N) is 1. The summed E-state index contributed by atoms with van der Waals surface area (Å²) in [5.41, 5.74) is 3.03. The standard InChI is InChI=1S/C13H24N2OS/c1-4-11(5-2)12(16)8-14-7-6-13-10(3)15-9-17-13/h9,11-12,14,16H,4-8H2,1-3H3. The van der Waals surface area contributed by atoms with E-state index in [0.29, 0.717) is 12.5 Å². The van der Waals surface area contributed by atoms with Gasteiger partial charge >= 0.3 is 0 Å². The first-order valence-corrected chi connectivity index (χ1v) is 7.34. The Morgan fingerprint density at radius 2 is 2.12 bits per heavy atom. The number of aromatic nitrogens is 1. The summed E-state index contributed by atoms with van der Waals surface area (Å²) in [5, 5.41) is 13.3. The average molecular weight is 256 g/mol. The molecule has 1 rings (SSSR count). The largest absolute Gasteiger partial charge is 0.392 e. The van der Waals surface area contributed by atoms with E-state index in [1.807, 2.05) is 12.4 Å². The zero-order valence-electron chi connectivity index (χ0n) is 11.1. The maximum absolute atomic E-state index is 9.95. The molecule has 1 heterocycles. The van der Waals surface area contributed by atoms with Gasteiger partial charge in [0, 0.05) is 18.0 Å². The molecular formula is C13H24N2OS. The van der Waals surface area contributed by atoms with Crippen LogP contribution in [0.5, 0.6) is 0 Å². The number of aryl methyl sites for hydroxylation is 1. The molecule has 2 N–H and O–H groups in total. The highest BCUT2D eigenvalue weighted by atomic mass is 32.1. The first-order valence-electron chi connectivity index (χ1n) is 6.46. The molecule has 0 spiro atoms. The number of thiazole rings is 1. The average Bonchev–Trinajstić information content (AvgIpc) is 2.72. The third kappa shape index (κ3) is 4.74. The molecule has 0 aliphatic carbocycles. The molecule has 1 unspecified atom stereocenters. The number of aliphatic hydroxyl groups excluding tert-OH is 1. The van der Waals surface area contributed by atoms with Gasteiger partial charge in [0.25, 0.3) is 0 Å². The topological polar surface area (TPSA) is 45.1 Å². The Hall–Kier alpha value is -0.450. The fourth-order valence-corrected chi connectivity index (χ4v) is 2.80. The molecule has 0 bridgehead atoms. The molecule has 3 nitrogen and oxygen atoms in total. The van der Waals surface area contributed by atoms with Crippen LogP contribution in [0.25, 0.3) is 0 Å². The van der Waals surface area contributed by atoms with Gasteiger partial charge in [0.2, 0.25) is 0 Å². The molecule has 0 fully saturated rings. The zero-order valence-corrected chi connectivity index (χ0v) is 11.9. The molecular weight excluding hydrogens is 232 g/mol. The summed E-state index contributed by atoms with van der Waals surface area (Å²) in [6.45, 7) is 7.94. The molecule has 98 valence electrons. The molecule has 1 aromatic rings. The second-order valence-corrected chi connectivity index (χ2v) is 5.40. The second-order valence-electron chi connectivity index (χ2n) is 4.46. The van der Waals surface area contributed by atoms with Crippen LogP contribution in [-0.4, -0.2) is 29.3 Å². The lowest BCUT2D eigenvalue weighted by atomic mass is 9.96. The van der Waals surface area contributed by atoms with Crippen molar-refractivity contribution in [3.8, 4) is 0 Å². The van der Waals surface area contributed by atoms with Crippen molar-refractivity contribution < 1.29 is 5.11 Å². The van der Waals surface area contributed by atoms with E-state index in [1.54, 1.807) is 11.3 Å². The van der Waals surface area contributed by atoms with Gasteiger partial charge in [0.05, 0.1) is 17.3 Å². The highest BCUT2D eigenvalue weighted by Crippen LogP contribution is 2.13. The third-order valence-electron chi connectivity index (χ3n) is 3.32. The van der Waals surface area contributed by atoms with E-state index < -0.39 is 0 Å². The van der Waals surface area contributed by atoms with E-state index in [-0.39, 0.29) is 6.10 Å². The predicted molar refractivity (Wildman–Crippen MR) is 73.5 cm³/mol. The molecule has 17 heavy (non-hydrogen) atoms. The van der Waals surface area contributed by atoms with Crippen LogP contribution in [0.15, 0.2) is 5.51 Å². The van der Waals surface area contributed by atoms with Crippen LogP contribution >= 0.6 is 11.3 Å². The fourth-order valence-electron chi connectivity index (χ4n) is 2.02. The van der Waals surface area contributed by atoms with Crippen LogP contribution < -0.4 is 5.32 Å². The SMILES string of the molecule is CCC(CC)C(O)CNCCc1scnc1C. The normalized spacial score (nSPS) is 13.2. The Labute approximate surface area is 108 Å². The van der Waals surface area contributed by atoms with E-state index in [0.717, 1.165) is 31.5 Å². The van der Waals surface area contributed by atoms with E-state index in [1.165, 1.54) is 4.88 Å². The van der Waals surface area contributed by atoms with E-state index in [9.17, 15) is 5.11 Å². The Balaban J connectivity index is 2.18. The molecule has 0 aromatic carbocycles. The Morgan fingerprint density at radius 3 is 2.65 bits per heavy atom. The predicted octanol–water partition coefficient (Wildman–Crippen LogP) is 2.38. The summed E-state index contributed by atoms with van der Waals surface area (Å²) in [4.78, 5) is 5.57. The molecule has 0 saturated carbocycles. The van der Waals surface area contributed by atoms with Crippen LogP contribution in [0.1, 0.15) is 37.3 Å². The molecule has 0 saturated heterocycles. The number of rotatable bonds is 8. The quantitative estimate of drug-likeness (QED) is 0.702. The van der Waals surface area contributed by atoms with Crippen LogP contribution in [-0.2, 0) is 6.42 Å². The summed E-state index contributed by atoms with van der Waals surface area (Å²) >= 11 is 1.71. The first-order chi connectivity index (χ1) is 8.19. The van der Waals surface area contributed by atoms with Crippen LogP contribution in [0.2, 0.25) is 0 Å². The highest BCUT2D eigenvalue weighted by molar-refractivity contribution is 7.09. The van der Waals surface area contributed by atoms with Gasteiger partial charge in [0.15, 0.2) is 0 Å². The fraction of sp³-hybridized carbons (Fsp3) is 0.769. The van der Waals surface area contributed by atoms with Crippen LogP contribution in [0.4, 0.5) is 0 Å². The van der Waals surface area contributed by atoms with Gasteiger partial charge in [-0.3, -0.25) is 0 Å². The summed E-state index contributed by atoms with van der Waals surface area (Å²) in [6, 6.07) is 0. The summed E-state index contributed by atoms with van der Waals surface area (Å²) in [7, 11) is 0. The monoisotopic (exact) mass is 256 g/mol. The lowest BCUT2D eigenvalue weighted by Gasteiger charge is -2.20. The van der Waals surface area contributed by atoms with Crippen molar-refractivity contribution in [2.24, 2.45) is 5.92 Å². The van der Waals surface area contributed by atoms with Crippen LogP contribution in [0.3, 0.4) is 0 Å². The van der Waals surface area contributed by atoms with Gasteiger partial charge in [0.1, 0.15) is 0 Å². The lowest BCUT2D eigenvalue weighted by Crippen LogP contribution is -2.33. The van der Waals surface area contributed by atoms with Gasteiger partial charge < -0.3 is 10.4 Å².